The molecule has 0 spiro atoms. The van der Waals surface area contributed by atoms with Gasteiger partial charge in [0.1, 0.15) is 11.4 Å². The van der Waals surface area contributed by atoms with Crippen molar-refractivity contribution in [3.63, 3.8) is 0 Å². The van der Waals surface area contributed by atoms with Gasteiger partial charge < -0.3 is 14.9 Å². The lowest BCUT2D eigenvalue weighted by atomic mass is 10.2. The predicted octanol–water partition coefficient (Wildman–Crippen LogP) is 2.04. The number of amides is 2. The molecule has 6 nitrogen and oxygen atoms in total. The molecule has 17 heavy (non-hydrogen) atoms. The van der Waals surface area contributed by atoms with Crippen molar-refractivity contribution in [3.05, 3.63) is 18.1 Å². The molecule has 0 saturated heterocycles. The van der Waals surface area contributed by atoms with Crippen LogP contribution < -0.4 is 11.1 Å². The molecule has 0 bridgehead atoms. The van der Waals surface area contributed by atoms with Crippen LogP contribution in [0.1, 0.15) is 26.5 Å². The number of carbonyl (C=O) groups excluding carboxylic acids is 2. The molecule has 0 aromatic carbocycles. The maximum Gasteiger partial charge on any atom is 0.412 e. The summed E-state index contributed by atoms with van der Waals surface area (Å²) < 4.78 is 10.1. The van der Waals surface area contributed by atoms with Crippen LogP contribution in [-0.4, -0.2) is 18.1 Å². The van der Waals surface area contributed by atoms with Crippen molar-refractivity contribution in [2.75, 3.05) is 5.32 Å². The number of anilines is 1. The second-order valence-electron chi connectivity index (χ2n) is 4.15. The van der Waals surface area contributed by atoms with Crippen molar-refractivity contribution in [1.29, 1.82) is 0 Å². The van der Waals surface area contributed by atoms with Gasteiger partial charge in [0.2, 0.25) is 6.41 Å². The highest BCUT2D eigenvalue weighted by atomic mass is 16.6. The summed E-state index contributed by atoms with van der Waals surface area (Å²) in [7, 11) is 0. The van der Waals surface area contributed by atoms with E-state index in [1.807, 2.05) is 20.8 Å². The van der Waals surface area contributed by atoms with Gasteiger partial charge in [-0.1, -0.05) is 0 Å². The van der Waals surface area contributed by atoms with E-state index in [2.05, 4.69) is 11.1 Å². The number of aryl methyl sites for hydroxylation is 1. The standard InChI is InChI=1S/C10H15NO3.CH3NO/c1-7-8(5-6-13-7)11-9(12)14-10(2,3)4;2-1-3/h5-6H,1-4H3,(H,11,12);1H,(H2,2,3). The van der Waals surface area contributed by atoms with Gasteiger partial charge in [-0.2, -0.15) is 0 Å². The van der Waals surface area contributed by atoms with Crippen molar-refractivity contribution < 1.29 is 18.7 Å². The molecule has 1 aromatic heterocycles. The van der Waals surface area contributed by atoms with E-state index in [1.54, 1.807) is 13.0 Å². The smallest absolute Gasteiger partial charge is 0.412 e. The zero-order valence-electron chi connectivity index (χ0n) is 10.4. The van der Waals surface area contributed by atoms with Crippen LogP contribution in [0.25, 0.3) is 0 Å². The molecule has 0 saturated carbocycles. The highest BCUT2D eigenvalue weighted by Crippen LogP contribution is 2.16. The topological polar surface area (TPSA) is 94.6 Å². The fourth-order valence-corrected chi connectivity index (χ4v) is 0.928. The van der Waals surface area contributed by atoms with Crippen LogP contribution in [0.4, 0.5) is 10.5 Å². The van der Waals surface area contributed by atoms with Crippen molar-refractivity contribution in [2.24, 2.45) is 5.73 Å². The van der Waals surface area contributed by atoms with Gasteiger partial charge in [0, 0.05) is 6.07 Å². The van der Waals surface area contributed by atoms with Gasteiger partial charge in [0.15, 0.2) is 0 Å². The summed E-state index contributed by atoms with van der Waals surface area (Å²) in [5.74, 6) is 0.663. The highest BCUT2D eigenvalue weighted by Gasteiger charge is 2.17. The third-order valence-corrected chi connectivity index (χ3v) is 1.49. The summed E-state index contributed by atoms with van der Waals surface area (Å²) in [5, 5.41) is 2.59. The number of nitrogens with one attached hydrogen (secondary N) is 1. The quantitative estimate of drug-likeness (QED) is 0.736. The highest BCUT2D eigenvalue weighted by molar-refractivity contribution is 5.85. The number of carbonyl (C=O) groups is 2. The Morgan fingerprint density at radius 1 is 1.53 bits per heavy atom. The molecule has 1 aromatic rings. The molecule has 0 aliphatic carbocycles. The minimum atomic E-state index is -0.484. The number of hydrogen-bond donors (Lipinski definition) is 2. The summed E-state index contributed by atoms with van der Waals surface area (Å²) >= 11 is 0. The van der Waals surface area contributed by atoms with Gasteiger partial charge in [-0.15, -0.1) is 0 Å². The molecule has 1 rings (SSSR count). The third kappa shape index (κ3) is 6.99. The monoisotopic (exact) mass is 242 g/mol. The second-order valence-corrected chi connectivity index (χ2v) is 4.15. The van der Waals surface area contributed by atoms with E-state index in [4.69, 9.17) is 13.9 Å². The largest absolute Gasteiger partial charge is 0.467 e. The molecular weight excluding hydrogens is 224 g/mol. The number of hydrogen-bond acceptors (Lipinski definition) is 4. The van der Waals surface area contributed by atoms with Crippen molar-refractivity contribution >= 4 is 18.2 Å². The zero-order valence-corrected chi connectivity index (χ0v) is 10.4. The molecule has 3 N–H and O–H groups in total. The maximum atomic E-state index is 11.3. The first kappa shape index (κ1) is 15.0. The number of ether oxygens (including phenoxy) is 1. The Bertz CT molecular complexity index is 366. The van der Waals surface area contributed by atoms with Gasteiger partial charge in [-0.25, -0.2) is 4.79 Å². The van der Waals surface area contributed by atoms with Crippen LogP contribution in [0.15, 0.2) is 16.7 Å². The fraction of sp³-hybridized carbons (Fsp3) is 0.455. The van der Waals surface area contributed by atoms with E-state index < -0.39 is 11.7 Å². The summed E-state index contributed by atoms with van der Waals surface area (Å²) in [4.78, 5) is 19.9. The van der Waals surface area contributed by atoms with Crippen LogP contribution in [0.5, 0.6) is 0 Å². The predicted molar refractivity (Wildman–Crippen MR) is 63.6 cm³/mol. The van der Waals surface area contributed by atoms with Crippen molar-refractivity contribution in [1.82, 2.24) is 0 Å². The Kier molecular flexibility index (Phi) is 5.80. The molecular formula is C11H18N2O4. The number of primary amides is 1. The first-order valence-corrected chi connectivity index (χ1v) is 4.99. The molecule has 0 fully saturated rings. The summed E-state index contributed by atoms with van der Waals surface area (Å²) in [6, 6.07) is 1.68. The number of nitrogens with two attached hydrogens (primary N) is 1. The van der Waals surface area contributed by atoms with E-state index in [9.17, 15) is 4.79 Å². The molecule has 0 unspecified atom stereocenters. The Labute approximate surface area is 100 Å². The SMILES string of the molecule is Cc1occc1NC(=O)OC(C)(C)C.NC=O. The number of furan rings is 1. The molecule has 6 heteroatoms. The van der Waals surface area contributed by atoms with Crippen LogP contribution in [0, 0.1) is 6.92 Å². The minimum Gasteiger partial charge on any atom is -0.467 e. The van der Waals surface area contributed by atoms with Crippen molar-refractivity contribution in [2.45, 2.75) is 33.3 Å². The Morgan fingerprint density at radius 3 is 2.41 bits per heavy atom. The normalized spacial score (nSPS) is 9.88. The van der Waals surface area contributed by atoms with Gasteiger partial charge >= 0.3 is 6.09 Å². The van der Waals surface area contributed by atoms with E-state index in [-0.39, 0.29) is 6.41 Å². The number of rotatable bonds is 1. The van der Waals surface area contributed by atoms with Crippen LogP contribution in [0.3, 0.4) is 0 Å². The van der Waals surface area contributed by atoms with E-state index >= 15 is 0 Å². The minimum absolute atomic E-state index is 0.250. The second kappa shape index (κ2) is 6.57. The van der Waals surface area contributed by atoms with E-state index in [1.165, 1.54) is 6.26 Å². The van der Waals surface area contributed by atoms with Gasteiger partial charge in [-0.3, -0.25) is 10.1 Å². The lowest BCUT2D eigenvalue weighted by Gasteiger charge is -2.19. The van der Waals surface area contributed by atoms with Crippen LogP contribution >= 0.6 is 0 Å². The van der Waals surface area contributed by atoms with Crippen LogP contribution in [0.2, 0.25) is 0 Å². The summed E-state index contributed by atoms with van der Waals surface area (Å²) in [6.45, 7) is 7.21. The summed E-state index contributed by atoms with van der Waals surface area (Å²) in [6.07, 6.45) is 1.30. The molecule has 1 heterocycles. The molecule has 0 radical (unpaired) electrons. The average Bonchev–Trinajstić information content (AvgIpc) is 2.49. The maximum absolute atomic E-state index is 11.3. The van der Waals surface area contributed by atoms with Gasteiger partial charge in [0.25, 0.3) is 0 Å². The van der Waals surface area contributed by atoms with Gasteiger partial charge in [-0.05, 0) is 27.7 Å². The third-order valence-electron chi connectivity index (χ3n) is 1.49. The Hall–Kier alpha value is -1.98. The van der Waals surface area contributed by atoms with Crippen LogP contribution in [-0.2, 0) is 9.53 Å². The first-order chi connectivity index (χ1) is 7.80. The lowest BCUT2D eigenvalue weighted by Crippen LogP contribution is -2.27. The average molecular weight is 242 g/mol. The van der Waals surface area contributed by atoms with Crippen molar-refractivity contribution in [3.8, 4) is 0 Å². The van der Waals surface area contributed by atoms with E-state index in [0.29, 0.717) is 11.4 Å². The zero-order chi connectivity index (χ0) is 13.5. The fourth-order valence-electron chi connectivity index (χ4n) is 0.928. The Balaban J connectivity index is 0.000000770. The van der Waals surface area contributed by atoms with Gasteiger partial charge in [0.05, 0.1) is 12.0 Å². The molecule has 2 amide bonds. The lowest BCUT2D eigenvalue weighted by molar-refractivity contribution is -0.106. The molecule has 0 atom stereocenters. The molecule has 96 valence electrons. The molecule has 0 aliphatic rings. The first-order valence-electron chi connectivity index (χ1n) is 4.99. The summed E-state index contributed by atoms with van der Waals surface area (Å²) in [5.41, 5.74) is 4.32. The Morgan fingerprint density at radius 2 is 2.06 bits per heavy atom. The van der Waals surface area contributed by atoms with E-state index in [0.717, 1.165) is 0 Å². The molecule has 0 aliphatic heterocycles.